The second-order valence-electron chi connectivity index (χ2n) is 7.92. The minimum absolute atomic E-state index is 0.0572. The topological polar surface area (TPSA) is 46.2 Å². The lowest BCUT2D eigenvalue weighted by atomic mass is 9.47. The van der Waals surface area contributed by atoms with Crippen LogP contribution in [0.5, 0.6) is 0 Å². The molecule has 1 aromatic heterocycles. The van der Waals surface area contributed by atoms with Crippen molar-refractivity contribution in [3.63, 3.8) is 0 Å². The van der Waals surface area contributed by atoms with Gasteiger partial charge in [-0.05, 0) is 80.2 Å². The van der Waals surface area contributed by atoms with E-state index in [1.165, 1.54) is 38.5 Å². The van der Waals surface area contributed by atoms with E-state index in [1.807, 2.05) is 0 Å². The van der Waals surface area contributed by atoms with E-state index >= 15 is 0 Å². The SMILES string of the molecule is CCC(NS(=O)(=O)c1ccc(Cl)s1)C12CC3CC(CC(C3)C1)C2. The maximum Gasteiger partial charge on any atom is 0.250 e. The molecule has 0 amide bonds. The summed E-state index contributed by atoms with van der Waals surface area (Å²) in [6.07, 6.45) is 8.64. The first-order valence-electron chi connectivity index (χ1n) is 8.68. The molecule has 6 heteroatoms. The molecule has 128 valence electrons. The van der Waals surface area contributed by atoms with Crippen molar-refractivity contribution in [1.82, 2.24) is 4.72 Å². The molecule has 4 aliphatic carbocycles. The second kappa shape index (κ2) is 5.72. The van der Waals surface area contributed by atoms with Crippen LogP contribution in [0.1, 0.15) is 51.9 Å². The third-order valence-electron chi connectivity index (χ3n) is 6.34. The molecule has 4 saturated carbocycles. The van der Waals surface area contributed by atoms with Crippen LogP contribution in [0.2, 0.25) is 4.34 Å². The van der Waals surface area contributed by atoms with Gasteiger partial charge in [0.25, 0.3) is 0 Å². The van der Waals surface area contributed by atoms with Gasteiger partial charge in [-0.1, -0.05) is 18.5 Å². The molecule has 0 radical (unpaired) electrons. The van der Waals surface area contributed by atoms with Gasteiger partial charge in [-0.2, -0.15) is 0 Å². The molecule has 1 atom stereocenters. The fraction of sp³-hybridized carbons (Fsp3) is 0.765. The van der Waals surface area contributed by atoms with E-state index in [0.29, 0.717) is 8.55 Å². The van der Waals surface area contributed by atoms with Crippen molar-refractivity contribution < 1.29 is 8.42 Å². The Kier molecular flexibility index (Phi) is 4.07. The first-order valence-corrected chi connectivity index (χ1v) is 11.4. The average molecular weight is 374 g/mol. The summed E-state index contributed by atoms with van der Waals surface area (Å²) in [5, 5.41) is 0. The third-order valence-corrected chi connectivity index (χ3v) is 9.54. The molecule has 4 aliphatic rings. The summed E-state index contributed by atoms with van der Waals surface area (Å²) in [6.45, 7) is 2.12. The van der Waals surface area contributed by atoms with Crippen LogP contribution in [-0.4, -0.2) is 14.5 Å². The van der Waals surface area contributed by atoms with Crippen molar-refractivity contribution in [3.05, 3.63) is 16.5 Å². The molecule has 23 heavy (non-hydrogen) atoms. The van der Waals surface area contributed by atoms with Gasteiger partial charge in [-0.15, -0.1) is 11.3 Å². The standard InChI is InChI=1S/C17H24ClNO2S2/c1-2-14(19-23(20,21)16-4-3-15(18)22-16)17-8-11-5-12(9-17)7-13(6-11)10-17/h3-4,11-14,19H,2,5-10H2,1H3. The highest BCUT2D eigenvalue weighted by atomic mass is 35.5. The maximum atomic E-state index is 12.7. The lowest BCUT2D eigenvalue weighted by Gasteiger charge is -2.59. The molecule has 0 spiro atoms. The Morgan fingerprint density at radius 1 is 1.22 bits per heavy atom. The minimum Gasteiger partial charge on any atom is -0.207 e. The Labute approximate surface area is 147 Å². The zero-order chi connectivity index (χ0) is 16.2. The van der Waals surface area contributed by atoms with Gasteiger partial charge >= 0.3 is 0 Å². The van der Waals surface area contributed by atoms with Gasteiger partial charge in [0.05, 0.1) is 4.34 Å². The van der Waals surface area contributed by atoms with E-state index in [9.17, 15) is 8.42 Å². The van der Waals surface area contributed by atoms with Gasteiger partial charge in [0.2, 0.25) is 10.0 Å². The third kappa shape index (κ3) is 2.88. The monoisotopic (exact) mass is 373 g/mol. The Balaban J connectivity index is 1.59. The Morgan fingerprint density at radius 2 is 1.78 bits per heavy atom. The lowest BCUT2D eigenvalue weighted by molar-refractivity contribution is -0.0704. The molecule has 1 unspecified atom stereocenters. The smallest absolute Gasteiger partial charge is 0.207 e. The minimum atomic E-state index is -3.46. The van der Waals surface area contributed by atoms with Crippen LogP contribution < -0.4 is 4.72 Å². The van der Waals surface area contributed by atoms with Crippen molar-refractivity contribution in [3.8, 4) is 0 Å². The van der Waals surface area contributed by atoms with Crippen LogP contribution in [0.15, 0.2) is 16.3 Å². The number of thiophene rings is 1. The van der Waals surface area contributed by atoms with Gasteiger partial charge in [0.15, 0.2) is 0 Å². The fourth-order valence-electron chi connectivity index (χ4n) is 5.93. The molecular weight excluding hydrogens is 350 g/mol. The molecule has 5 rings (SSSR count). The Bertz CT molecular complexity index is 662. The maximum absolute atomic E-state index is 12.7. The van der Waals surface area contributed by atoms with Gasteiger partial charge in [-0.25, -0.2) is 13.1 Å². The first kappa shape index (κ1) is 16.4. The van der Waals surface area contributed by atoms with E-state index in [2.05, 4.69) is 11.6 Å². The molecule has 4 fully saturated rings. The predicted octanol–water partition coefficient (Wildman–Crippen LogP) is 4.67. The van der Waals surface area contributed by atoms with Crippen LogP contribution in [0.3, 0.4) is 0 Å². The number of halogens is 1. The molecule has 1 N–H and O–H groups in total. The van der Waals surface area contributed by atoms with Crippen LogP contribution in [0.4, 0.5) is 0 Å². The van der Waals surface area contributed by atoms with E-state index in [-0.39, 0.29) is 11.5 Å². The highest BCUT2D eigenvalue weighted by molar-refractivity contribution is 7.91. The van der Waals surface area contributed by atoms with Crippen molar-refractivity contribution in [2.75, 3.05) is 0 Å². The fourth-order valence-corrected chi connectivity index (χ4v) is 8.85. The normalized spacial score (nSPS) is 37.2. The average Bonchev–Trinajstić information content (AvgIpc) is 2.91. The molecule has 0 aliphatic heterocycles. The van der Waals surface area contributed by atoms with Crippen LogP contribution in [0, 0.1) is 23.2 Å². The summed E-state index contributed by atoms with van der Waals surface area (Å²) in [5.41, 5.74) is 0.192. The zero-order valence-electron chi connectivity index (χ0n) is 13.4. The largest absolute Gasteiger partial charge is 0.250 e. The van der Waals surface area contributed by atoms with Crippen molar-refractivity contribution >= 4 is 33.0 Å². The van der Waals surface area contributed by atoms with E-state index in [4.69, 9.17) is 11.6 Å². The predicted molar refractivity (Wildman–Crippen MR) is 94.3 cm³/mol. The molecule has 1 aromatic rings. The van der Waals surface area contributed by atoms with Gasteiger partial charge in [-0.3, -0.25) is 0 Å². The number of hydrogen-bond donors (Lipinski definition) is 1. The van der Waals surface area contributed by atoms with Crippen LogP contribution >= 0.6 is 22.9 Å². The number of sulfonamides is 1. The summed E-state index contributed by atoms with van der Waals surface area (Å²) in [4.78, 5) is 0. The van der Waals surface area contributed by atoms with Crippen LogP contribution in [-0.2, 0) is 10.0 Å². The molecule has 0 saturated heterocycles. The van der Waals surface area contributed by atoms with E-state index in [1.54, 1.807) is 12.1 Å². The summed E-state index contributed by atoms with van der Waals surface area (Å²) >= 11 is 7.06. The highest BCUT2D eigenvalue weighted by Gasteiger charge is 2.54. The molecule has 0 aromatic carbocycles. The summed E-state index contributed by atoms with van der Waals surface area (Å²) < 4.78 is 29.4. The molecular formula is C17H24ClNO2S2. The quantitative estimate of drug-likeness (QED) is 0.814. The first-order chi connectivity index (χ1) is 10.9. The van der Waals surface area contributed by atoms with Gasteiger partial charge in [0, 0.05) is 6.04 Å². The van der Waals surface area contributed by atoms with Crippen molar-refractivity contribution in [2.45, 2.75) is 62.1 Å². The Hall–Kier alpha value is -0.100. The van der Waals surface area contributed by atoms with Gasteiger partial charge < -0.3 is 0 Å². The number of nitrogens with one attached hydrogen (secondary N) is 1. The van der Waals surface area contributed by atoms with E-state index < -0.39 is 10.0 Å². The van der Waals surface area contributed by atoms with Crippen LogP contribution in [0.25, 0.3) is 0 Å². The van der Waals surface area contributed by atoms with E-state index in [0.717, 1.165) is 35.5 Å². The van der Waals surface area contributed by atoms with Crippen molar-refractivity contribution in [1.29, 1.82) is 0 Å². The molecule has 3 nitrogen and oxygen atoms in total. The molecule has 1 heterocycles. The Morgan fingerprint density at radius 3 is 2.22 bits per heavy atom. The summed E-state index contributed by atoms with van der Waals surface area (Å²) in [7, 11) is -3.46. The highest BCUT2D eigenvalue weighted by Crippen LogP contribution is 2.61. The summed E-state index contributed by atoms with van der Waals surface area (Å²) in [6, 6.07) is 3.33. The number of hydrogen-bond acceptors (Lipinski definition) is 3. The number of rotatable bonds is 5. The van der Waals surface area contributed by atoms with Crippen molar-refractivity contribution in [2.24, 2.45) is 23.2 Å². The second-order valence-corrected chi connectivity index (χ2v) is 11.6. The lowest BCUT2D eigenvalue weighted by Crippen LogP contribution is -2.56. The summed E-state index contributed by atoms with van der Waals surface area (Å²) in [5.74, 6) is 2.49. The van der Waals surface area contributed by atoms with Gasteiger partial charge in [0.1, 0.15) is 4.21 Å². The molecule has 4 bridgehead atoms. The zero-order valence-corrected chi connectivity index (χ0v) is 15.8.